The van der Waals surface area contributed by atoms with Crippen molar-refractivity contribution in [1.82, 2.24) is 5.32 Å². The van der Waals surface area contributed by atoms with Gasteiger partial charge in [0, 0.05) is 5.92 Å². The van der Waals surface area contributed by atoms with Crippen molar-refractivity contribution in [2.75, 3.05) is 6.61 Å². The number of amides is 1. The van der Waals surface area contributed by atoms with Crippen LogP contribution in [0.3, 0.4) is 0 Å². The largest absolute Gasteiger partial charge is 0.481 e. The van der Waals surface area contributed by atoms with Crippen LogP contribution in [0.15, 0.2) is 12.7 Å². The number of rotatable bonds is 6. The van der Waals surface area contributed by atoms with Gasteiger partial charge in [-0.25, -0.2) is 4.79 Å². The van der Waals surface area contributed by atoms with E-state index in [4.69, 9.17) is 9.84 Å². The van der Waals surface area contributed by atoms with Gasteiger partial charge in [0.2, 0.25) is 5.91 Å². The zero-order chi connectivity index (χ0) is 15.6. The van der Waals surface area contributed by atoms with E-state index < -0.39 is 29.3 Å². The van der Waals surface area contributed by atoms with E-state index in [1.54, 1.807) is 13.0 Å². The van der Waals surface area contributed by atoms with E-state index in [0.29, 0.717) is 25.7 Å². The molecule has 1 amide bonds. The van der Waals surface area contributed by atoms with Crippen LogP contribution >= 0.6 is 0 Å². The molecule has 2 aliphatic carbocycles. The van der Waals surface area contributed by atoms with Crippen LogP contribution in [0, 0.1) is 17.8 Å². The molecule has 2 saturated carbocycles. The number of hydrogen-bond acceptors (Lipinski definition) is 4. The van der Waals surface area contributed by atoms with Gasteiger partial charge in [-0.15, -0.1) is 6.58 Å². The highest BCUT2D eigenvalue weighted by molar-refractivity contribution is 5.94. The molecular formula is C15H21NO5. The third kappa shape index (κ3) is 2.80. The van der Waals surface area contributed by atoms with Crippen molar-refractivity contribution < 1.29 is 24.2 Å². The van der Waals surface area contributed by atoms with E-state index in [0.717, 1.165) is 0 Å². The number of carbonyl (C=O) groups excluding carboxylic acids is 2. The molecule has 0 spiro atoms. The SMILES string of the molecule is C=C[C@@H]1C[C@]1(NC(=O)[C@@H]1CCC[C@H]1C(=O)O)C(=O)OCC. The van der Waals surface area contributed by atoms with Crippen LogP contribution in [0.1, 0.15) is 32.6 Å². The fraction of sp³-hybridized carbons (Fsp3) is 0.667. The molecule has 0 aromatic carbocycles. The quantitative estimate of drug-likeness (QED) is 0.565. The predicted octanol–water partition coefficient (Wildman–Crippen LogP) is 1.11. The first kappa shape index (κ1) is 15.5. The number of carboxylic acids is 1. The molecule has 21 heavy (non-hydrogen) atoms. The zero-order valence-electron chi connectivity index (χ0n) is 12.1. The van der Waals surface area contributed by atoms with Crippen molar-refractivity contribution in [3.8, 4) is 0 Å². The average molecular weight is 295 g/mol. The monoisotopic (exact) mass is 295 g/mol. The Morgan fingerprint density at radius 2 is 2.05 bits per heavy atom. The highest BCUT2D eigenvalue weighted by Crippen LogP contribution is 2.46. The molecule has 0 saturated heterocycles. The average Bonchev–Trinajstić information content (AvgIpc) is 2.93. The van der Waals surface area contributed by atoms with Gasteiger partial charge in [-0.05, 0) is 26.2 Å². The number of carboxylic acid groups (broad SMARTS) is 1. The minimum absolute atomic E-state index is 0.148. The Kier molecular flexibility index (Phi) is 4.34. The van der Waals surface area contributed by atoms with E-state index in [2.05, 4.69) is 11.9 Å². The maximum absolute atomic E-state index is 12.4. The second-order valence-corrected chi connectivity index (χ2v) is 5.71. The van der Waals surface area contributed by atoms with Gasteiger partial charge in [-0.2, -0.15) is 0 Å². The molecule has 0 heterocycles. The summed E-state index contributed by atoms with van der Waals surface area (Å²) in [6.45, 7) is 5.60. The lowest BCUT2D eigenvalue weighted by atomic mass is 9.94. The van der Waals surface area contributed by atoms with Crippen molar-refractivity contribution in [3.05, 3.63) is 12.7 Å². The van der Waals surface area contributed by atoms with Gasteiger partial charge in [-0.1, -0.05) is 12.5 Å². The van der Waals surface area contributed by atoms with E-state index >= 15 is 0 Å². The summed E-state index contributed by atoms with van der Waals surface area (Å²) in [5.41, 5.74) is -1.04. The predicted molar refractivity (Wildman–Crippen MR) is 74.3 cm³/mol. The van der Waals surface area contributed by atoms with Gasteiger partial charge < -0.3 is 15.2 Å². The number of carbonyl (C=O) groups is 3. The van der Waals surface area contributed by atoms with Gasteiger partial charge in [0.15, 0.2) is 0 Å². The Labute approximate surface area is 123 Å². The molecule has 0 radical (unpaired) electrons. The number of hydrogen-bond donors (Lipinski definition) is 2. The summed E-state index contributed by atoms with van der Waals surface area (Å²) in [6, 6.07) is 0. The molecule has 2 rings (SSSR count). The molecule has 4 atom stereocenters. The van der Waals surface area contributed by atoms with Gasteiger partial charge >= 0.3 is 11.9 Å². The van der Waals surface area contributed by atoms with Crippen molar-refractivity contribution in [2.45, 2.75) is 38.1 Å². The highest BCUT2D eigenvalue weighted by atomic mass is 16.5. The lowest BCUT2D eigenvalue weighted by Crippen LogP contribution is -2.49. The molecule has 0 aromatic heterocycles. The fourth-order valence-electron chi connectivity index (χ4n) is 3.14. The number of aliphatic carboxylic acids is 1. The Bertz CT molecular complexity index is 475. The molecule has 2 aliphatic rings. The van der Waals surface area contributed by atoms with E-state index in [1.165, 1.54) is 0 Å². The lowest BCUT2D eigenvalue weighted by molar-refractivity contribution is -0.150. The first-order valence-electron chi connectivity index (χ1n) is 7.31. The summed E-state index contributed by atoms with van der Waals surface area (Å²) >= 11 is 0. The molecule has 6 nitrogen and oxygen atoms in total. The third-order valence-electron chi connectivity index (χ3n) is 4.46. The third-order valence-corrected chi connectivity index (χ3v) is 4.46. The van der Waals surface area contributed by atoms with E-state index in [1.807, 2.05) is 0 Å². The van der Waals surface area contributed by atoms with Crippen molar-refractivity contribution in [3.63, 3.8) is 0 Å². The first-order chi connectivity index (χ1) is 9.96. The van der Waals surface area contributed by atoms with Crippen LogP contribution in [0.5, 0.6) is 0 Å². The summed E-state index contributed by atoms with van der Waals surface area (Å²) in [6.07, 6.45) is 3.85. The van der Waals surface area contributed by atoms with E-state index in [9.17, 15) is 14.4 Å². The van der Waals surface area contributed by atoms with E-state index in [-0.39, 0.29) is 18.4 Å². The number of ether oxygens (including phenoxy) is 1. The van der Waals surface area contributed by atoms with Crippen LogP contribution in [-0.2, 0) is 19.1 Å². The standard InChI is InChI=1S/C15H21NO5/c1-3-9-8-15(9,14(20)21-4-2)16-12(17)10-6-5-7-11(10)13(18)19/h3,9-11H,1,4-8H2,2H3,(H,16,17)(H,18,19)/t9-,10-,11-,15-/m1/s1. The summed E-state index contributed by atoms with van der Waals surface area (Å²) in [4.78, 5) is 35.6. The molecule has 2 fully saturated rings. The zero-order valence-corrected chi connectivity index (χ0v) is 12.1. The normalized spacial score (nSPS) is 34.0. The van der Waals surface area contributed by atoms with Crippen LogP contribution in [0.25, 0.3) is 0 Å². The first-order valence-corrected chi connectivity index (χ1v) is 7.31. The molecule has 116 valence electrons. The van der Waals surface area contributed by atoms with Crippen molar-refractivity contribution in [1.29, 1.82) is 0 Å². The topological polar surface area (TPSA) is 92.7 Å². The minimum Gasteiger partial charge on any atom is -0.481 e. The Balaban J connectivity index is 2.08. The van der Waals surface area contributed by atoms with Gasteiger partial charge in [0.1, 0.15) is 5.54 Å². The van der Waals surface area contributed by atoms with Crippen LogP contribution in [0.4, 0.5) is 0 Å². The second-order valence-electron chi connectivity index (χ2n) is 5.71. The minimum atomic E-state index is -1.04. The number of nitrogens with one attached hydrogen (secondary N) is 1. The Morgan fingerprint density at radius 3 is 2.57 bits per heavy atom. The highest BCUT2D eigenvalue weighted by Gasteiger charge is 2.61. The molecule has 0 bridgehead atoms. The molecule has 0 aliphatic heterocycles. The number of esters is 1. The van der Waals surface area contributed by atoms with Gasteiger partial charge in [0.05, 0.1) is 18.4 Å². The van der Waals surface area contributed by atoms with Gasteiger partial charge in [-0.3, -0.25) is 9.59 Å². The maximum atomic E-state index is 12.4. The van der Waals surface area contributed by atoms with Crippen LogP contribution in [0.2, 0.25) is 0 Å². The molecular weight excluding hydrogens is 274 g/mol. The molecule has 0 aromatic rings. The summed E-state index contributed by atoms with van der Waals surface area (Å²) in [5.74, 6) is -3.16. The Morgan fingerprint density at radius 1 is 1.38 bits per heavy atom. The van der Waals surface area contributed by atoms with Gasteiger partial charge in [0.25, 0.3) is 0 Å². The molecule has 0 unspecified atom stereocenters. The van der Waals surface area contributed by atoms with Crippen LogP contribution in [-0.4, -0.2) is 35.1 Å². The lowest BCUT2D eigenvalue weighted by Gasteiger charge is -2.21. The van der Waals surface area contributed by atoms with Crippen molar-refractivity contribution >= 4 is 17.8 Å². The Hall–Kier alpha value is -1.85. The summed E-state index contributed by atoms with van der Waals surface area (Å²) in [7, 11) is 0. The fourth-order valence-corrected chi connectivity index (χ4v) is 3.14. The summed E-state index contributed by atoms with van der Waals surface area (Å²) in [5, 5.41) is 11.9. The molecule has 6 heteroatoms. The second kappa shape index (κ2) is 5.87. The van der Waals surface area contributed by atoms with Crippen molar-refractivity contribution in [2.24, 2.45) is 17.8 Å². The smallest absolute Gasteiger partial charge is 0.332 e. The maximum Gasteiger partial charge on any atom is 0.332 e. The van der Waals surface area contributed by atoms with Crippen LogP contribution < -0.4 is 5.32 Å². The summed E-state index contributed by atoms with van der Waals surface area (Å²) < 4.78 is 5.02. The molecule has 2 N–H and O–H groups in total.